The van der Waals surface area contributed by atoms with Gasteiger partial charge < -0.3 is 5.32 Å². The second kappa shape index (κ2) is 4.89. The number of hydrogen-bond acceptors (Lipinski definition) is 4. The van der Waals surface area contributed by atoms with Gasteiger partial charge in [-0.1, -0.05) is 0 Å². The summed E-state index contributed by atoms with van der Waals surface area (Å²) < 4.78 is 1.84. The Kier molecular flexibility index (Phi) is 3.10. The fourth-order valence-electron chi connectivity index (χ4n) is 2.48. The Hall–Kier alpha value is -1.69. The molecule has 6 nitrogen and oxygen atoms in total. The predicted octanol–water partition coefficient (Wildman–Crippen LogP) is 0.668. The van der Waals surface area contributed by atoms with Crippen LogP contribution in [0.1, 0.15) is 30.3 Å². The molecule has 0 amide bonds. The van der Waals surface area contributed by atoms with E-state index in [1.165, 1.54) is 29.8 Å². The molecule has 2 aromatic heterocycles. The average molecular weight is 246 g/mol. The zero-order valence-electron chi connectivity index (χ0n) is 10.6. The Morgan fingerprint density at radius 2 is 2.44 bits per heavy atom. The highest BCUT2D eigenvalue weighted by Crippen LogP contribution is 2.22. The molecule has 96 valence electrons. The number of rotatable bonds is 5. The minimum Gasteiger partial charge on any atom is -0.307 e. The molecule has 6 heteroatoms. The summed E-state index contributed by atoms with van der Waals surface area (Å²) in [6.07, 6.45) is 6.88. The van der Waals surface area contributed by atoms with Gasteiger partial charge in [-0.2, -0.15) is 10.2 Å². The van der Waals surface area contributed by atoms with Gasteiger partial charge in [0.2, 0.25) is 0 Å². The van der Waals surface area contributed by atoms with Gasteiger partial charge in [0.25, 0.3) is 0 Å². The van der Waals surface area contributed by atoms with Gasteiger partial charge in [-0.05, 0) is 31.7 Å². The lowest BCUT2D eigenvalue weighted by atomic mass is 10.2. The number of nitrogens with zero attached hydrogens (tertiary/aromatic N) is 4. The zero-order valence-corrected chi connectivity index (χ0v) is 10.6. The van der Waals surface area contributed by atoms with Crippen molar-refractivity contribution in [1.29, 1.82) is 0 Å². The van der Waals surface area contributed by atoms with E-state index in [1.54, 1.807) is 12.7 Å². The van der Waals surface area contributed by atoms with Crippen molar-refractivity contribution in [3.63, 3.8) is 0 Å². The summed E-state index contributed by atoms with van der Waals surface area (Å²) in [7, 11) is 0. The first kappa shape index (κ1) is 11.4. The Morgan fingerprint density at radius 1 is 1.50 bits per heavy atom. The third-order valence-corrected chi connectivity index (χ3v) is 3.44. The van der Waals surface area contributed by atoms with Gasteiger partial charge in [0.1, 0.15) is 12.7 Å². The van der Waals surface area contributed by atoms with Crippen molar-refractivity contribution in [3.05, 3.63) is 29.6 Å². The predicted molar refractivity (Wildman–Crippen MR) is 66.9 cm³/mol. The fourth-order valence-corrected chi connectivity index (χ4v) is 2.48. The molecule has 0 fully saturated rings. The molecule has 2 heterocycles. The first-order chi connectivity index (χ1) is 8.83. The van der Waals surface area contributed by atoms with E-state index in [4.69, 9.17) is 0 Å². The van der Waals surface area contributed by atoms with Crippen LogP contribution in [-0.2, 0) is 25.9 Å². The number of aromatic nitrogens is 5. The van der Waals surface area contributed by atoms with Crippen LogP contribution >= 0.6 is 0 Å². The number of nitrogens with one attached hydrogen (secondary N) is 2. The highest BCUT2D eigenvalue weighted by molar-refractivity contribution is 5.29. The number of aromatic amines is 1. The van der Waals surface area contributed by atoms with E-state index in [0.29, 0.717) is 6.04 Å². The minimum atomic E-state index is 0.348. The Labute approximate surface area is 106 Å². The van der Waals surface area contributed by atoms with Crippen LogP contribution in [0.2, 0.25) is 0 Å². The Morgan fingerprint density at radius 3 is 3.28 bits per heavy atom. The van der Waals surface area contributed by atoms with E-state index >= 15 is 0 Å². The molecule has 1 atom stereocenters. The lowest BCUT2D eigenvalue weighted by molar-refractivity contribution is 0.447. The minimum absolute atomic E-state index is 0.348. The molecule has 2 N–H and O–H groups in total. The van der Waals surface area contributed by atoms with Crippen LogP contribution in [0.4, 0.5) is 0 Å². The molecular weight excluding hydrogens is 228 g/mol. The number of H-pyrrole nitrogens is 1. The van der Waals surface area contributed by atoms with Crippen molar-refractivity contribution >= 4 is 0 Å². The summed E-state index contributed by atoms with van der Waals surface area (Å²) in [5.41, 5.74) is 3.93. The first-order valence-electron chi connectivity index (χ1n) is 6.43. The van der Waals surface area contributed by atoms with E-state index in [9.17, 15) is 0 Å². The third kappa shape index (κ3) is 2.28. The summed E-state index contributed by atoms with van der Waals surface area (Å²) in [4.78, 5) is 3.94. The first-order valence-corrected chi connectivity index (χ1v) is 6.43. The van der Waals surface area contributed by atoms with Crippen LogP contribution in [0.15, 0.2) is 12.7 Å². The molecule has 1 aliphatic carbocycles. The van der Waals surface area contributed by atoms with E-state index in [2.05, 4.69) is 32.5 Å². The summed E-state index contributed by atoms with van der Waals surface area (Å²) in [5.74, 6) is 0. The lowest BCUT2D eigenvalue weighted by Gasteiger charge is -2.12. The van der Waals surface area contributed by atoms with E-state index in [-0.39, 0.29) is 0 Å². The molecule has 18 heavy (non-hydrogen) atoms. The molecule has 1 aliphatic rings. The van der Waals surface area contributed by atoms with E-state index < -0.39 is 0 Å². The molecule has 0 radical (unpaired) electrons. The smallest absolute Gasteiger partial charge is 0.137 e. The molecule has 0 bridgehead atoms. The van der Waals surface area contributed by atoms with Gasteiger partial charge >= 0.3 is 0 Å². The SMILES string of the molecule is CC(Cn1cncn1)NCc1n[nH]c2c1CCC2. The van der Waals surface area contributed by atoms with Crippen molar-refractivity contribution in [3.8, 4) is 0 Å². The molecule has 2 aromatic rings. The monoisotopic (exact) mass is 246 g/mol. The van der Waals surface area contributed by atoms with Crippen LogP contribution < -0.4 is 5.32 Å². The largest absolute Gasteiger partial charge is 0.307 e. The molecular formula is C12H18N6. The van der Waals surface area contributed by atoms with Crippen LogP contribution in [0.3, 0.4) is 0 Å². The highest BCUT2D eigenvalue weighted by atomic mass is 15.3. The fraction of sp³-hybridized carbons (Fsp3) is 0.583. The van der Waals surface area contributed by atoms with Crippen molar-refractivity contribution in [2.75, 3.05) is 0 Å². The molecule has 0 aromatic carbocycles. The van der Waals surface area contributed by atoms with E-state index in [1.807, 2.05) is 4.68 Å². The highest BCUT2D eigenvalue weighted by Gasteiger charge is 2.18. The topological polar surface area (TPSA) is 71.4 Å². The second-order valence-electron chi connectivity index (χ2n) is 4.88. The van der Waals surface area contributed by atoms with Gasteiger partial charge in [-0.15, -0.1) is 0 Å². The normalized spacial score (nSPS) is 15.8. The van der Waals surface area contributed by atoms with Crippen LogP contribution in [-0.4, -0.2) is 31.0 Å². The van der Waals surface area contributed by atoms with Crippen LogP contribution in [0.25, 0.3) is 0 Å². The second-order valence-corrected chi connectivity index (χ2v) is 4.88. The van der Waals surface area contributed by atoms with Gasteiger partial charge in [-0.25, -0.2) is 4.98 Å². The molecule has 0 spiro atoms. The van der Waals surface area contributed by atoms with Crippen molar-refractivity contribution in [2.24, 2.45) is 0 Å². The third-order valence-electron chi connectivity index (χ3n) is 3.44. The maximum absolute atomic E-state index is 4.38. The van der Waals surface area contributed by atoms with Gasteiger partial charge in [0, 0.05) is 18.3 Å². The van der Waals surface area contributed by atoms with Crippen molar-refractivity contribution in [2.45, 2.75) is 45.3 Å². The van der Waals surface area contributed by atoms with Crippen LogP contribution in [0, 0.1) is 0 Å². The van der Waals surface area contributed by atoms with E-state index in [0.717, 1.165) is 19.5 Å². The van der Waals surface area contributed by atoms with Gasteiger partial charge in [0.05, 0.1) is 12.2 Å². The number of hydrogen-bond donors (Lipinski definition) is 2. The van der Waals surface area contributed by atoms with Gasteiger partial charge in [0.15, 0.2) is 0 Å². The molecule has 0 saturated heterocycles. The standard InChI is InChI=1S/C12H18N6/c1-9(6-18-8-13-7-15-18)14-5-12-10-3-2-4-11(10)16-17-12/h7-9,14H,2-6H2,1H3,(H,16,17). The van der Waals surface area contributed by atoms with Gasteiger partial charge in [-0.3, -0.25) is 9.78 Å². The molecule has 1 unspecified atom stereocenters. The average Bonchev–Trinajstić information content (AvgIpc) is 3.03. The summed E-state index contributed by atoms with van der Waals surface area (Å²) >= 11 is 0. The summed E-state index contributed by atoms with van der Waals surface area (Å²) in [6, 6.07) is 0.348. The Bertz CT molecular complexity index is 501. The van der Waals surface area contributed by atoms with Crippen molar-refractivity contribution in [1.82, 2.24) is 30.3 Å². The summed E-state index contributed by atoms with van der Waals surface area (Å²) in [6.45, 7) is 3.79. The maximum atomic E-state index is 4.38. The van der Waals surface area contributed by atoms with Crippen LogP contribution in [0.5, 0.6) is 0 Å². The number of aryl methyl sites for hydroxylation is 1. The van der Waals surface area contributed by atoms with Crippen molar-refractivity contribution < 1.29 is 0 Å². The molecule has 0 aliphatic heterocycles. The summed E-state index contributed by atoms with van der Waals surface area (Å²) in [5, 5.41) is 15.1. The molecule has 3 rings (SSSR count). The Balaban J connectivity index is 1.54. The lowest BCUT2D eigenvalue weighted by Crippen LogP contribution is -2.30. The quantitative estimate of drug-likeness (QED) is 0.813. The number of fused-ring (bicyclic) bond motifs is 1. The zero-order chi connectivity index (χ0) is 12.4. The maximum Gasteiger partial charge on any atom is 0.137 e. The molecule has 0 saturated carbocycles.